The number of fused-ring (bicyclic) bond motifs is 3. The lowest BCUT2D eigenvalue weighted by Gasteiger charge is -1.90. The molecule has 1 aliphatic heterocycles. The van der Waals surface area contributed by atoms with Crippen LogP contribution in [0.2, 0.25) is 0 Å². The first-order chi connectivity index (χ1) is 7.45. The highest BCUT2D eigenvalue weighted by Gasteiger charge is 2.23. The van der Waals surface area contributed by atoms with E-state index in [-0.39, 0.29) is 7.43 Å². The second-order valence-corrected chi connectivity index (χ2v) is 3.37. The molecule has 0 atom stereocenters. The molecule has 0 amide bonds. The second kappa shape index (κ2) is 5.45. The Bertz CT molecular complexity index is 417. The summed E-state index contributed by atoms with van der Waals surface area (Å²) in [7, 11) is 0. The van der Waals surface area contributed by atoms with Gasteiger partial charge < -0.3 is 0 Å². The van der Waals surface area contributed by atoms with E-state index in [1.54, 1.807) is 0 Å². The first kappa shape index (κ1) is 12.4. The van der Waals surface area contributed by atoms with Gasteiger partial charge in [0.05, 0.1) is 5.56 Å². The summed E-state index contributed by atoms with van der Waals surface area (Å²) in [6, 6.07) is 14.9. The summed E-state index contributed by atoms with van der Waals surface area (Å²) < 4.78 is 2.28. The van der Waals surface area contributed by atoms with Gasteiger partial charge in [-0.3, -0.25) is 0 Å². The van der Waals surface area contributed by atoms with Crippen LogP contribution in [0.5, 0.6) is 0 Å². The van der Waals surface area contributed by atoms with Gasteiger partial charge in [-0.2, -0.15) is 4.57 Å². The first-order valence-electron chi connectivity index (χ1n) is 5.52. The van der Waals surface area contributed by atoms with E-state index in [2.05, 4.69) is 53.2 Å². The van der Waals surface area contributed by atoms with Crippen molar-refractivity contribution in [3.05, 3.63) is 54.2 Å². The fourth-order valence-electron chi connectivity index (χ4n) is 1.95. The van der Waals surface area contributed by atoms with Crippen molar-refractivity contribution in [3.8, 4) is 11.3 Å². The molecule has 2 heterocycles. The lowest BCUT2D eigenvalue weighted by molar-refractivity contribution is -0.672. The van der Waals surface area contributed by atoms with Gasteiger partial charge in [-0.15, -0.1) is 0 Å². The Balaban J connectivity index is 0.000000406. The van der Waals surface area contributed by atoms with Gasteiger partial charge in [-0.25, -0.2) is 0 Å². The molecule has 1 nitrogen and oxygen atoms in total. The Kier molecular flexibility index (Phi) is 4.24. The van der Waals surface area contributed by atoms with Crippen LogP contribution in [0, 0.1) is 0 Å². The van der Waals surface area contributed by atoms with E-state index in [1.165, 1.54) is 16.8 Å². The molecule has 84 valence electrons. The van der Waals surface area contributed by atoms with E-state index in [4.69, 9.17) is 0 Å². The maximum Gasteiger partial charge on any atom is 0.213 e. The average Bonchev–Trinajstić information content (AvgIpc) is 2.70. The zero-order valence-corrected chi connectivity index (χ0v) is 9.27. The Labute approximate surface area is 98.4 Å². The van der Waals surface area contributed by atoms with E-state index in [1.807, 2.05) is 13.8 Å². The Morgan fingerprint density at radius 2 is 1.62 bits per heavy atom. The van der Waals surface area contributed by atoms with Crippen LogP contribution in [0.4, 0.5) is 0 Å². The molecule has 0 aliphatic carbocycles. The topological polar surface area (TPSA) is 3.88 Å². The number of pyridine rings is 1. The Morgan fingerprint density at radius 3 is 2.44 bits per heavy atom. The summed E-state index contributed by atoms with van der Waals surface area (Å²) in [6.07, 6.45) is 2.13. The van der Waals surface area contributed by atoms with Gasteiger partial charge in [0.1, 0.15) is 0 Å². The molecule has 0 saturated heterocycles. The van der Waals surface area contributed by atoms with Gasteiger partial charge in [-0.1, -0.05) is 39.5 Å². The van der Waals surface area contributed by atoms with Crippen molar-refractivity contribution in [3.63, 3.8) is 0 Å². The van der Waals surface area contributed by atoms with Crippen molar-refractivity contribution in [1.29, 1.82) is 0 Å². The van der Waals surface area contributed by atoms with E-state index in [9.17, 15) is 0 Å². The van der Waals surface area contributed by atoms with Gasteiger partial charge >= 0.3 is 0 Å². The van der Waals surface area contributed by atoms with Crippen LogP contribution in [-0.4, -0.2) is 0 Å². The van der Waals surface area contributed by atoms with Crippen LogP contribution in [0.1, 0.15) is 26.8 Å². The molecule has 0 unspecified atom stereocenters. The molecule has 1 aromatic heterocycles. The maximum absolute atomic E-state index is 2.28. The highest BCUT2D eigenvalue weighted by Crippen LogP contribution is 2.24. The minimum absolute atomic E-state index is 0. The number of aromatic nitrogens is 1. The van der Waals surface area contributed by atoms with Gasteiger partial charge in [0.15, 0.2) is 12.7 Å². The van der Waals surface area contributed by atoms with Crippen molar-refractivity contribution in [2.75, 3.05) is 0 Å². The monoisotopic (exact) mass is 214 g/mol. The highest BCUT2D eigenvalue weighted by atomic mass is 15.0. The average molecular weight is 214 g/mol. The van der Waals surface area contributed by atoms with Crippen LogP contribution in [-0.2, 0) is 6.54 Å². The number of nitrogens with zero attached hydrogens (tertiary/aromatic N) is 1. The third kappa shape index (κ3) is 1.99. The molecule has 1 heteroatoms. The number of hydrogen-bond donors (Lipinski definition) is 0. The van der Waals surface area contributed by atoms with Crippen LogP contribution in [0.25, 0.3) is 11.3 Å². The molecule has 3 rings (SSSR count). The lowest BCUT2D eigenvalue weighted by atomic mass is 10.1. The zero-order valence-electron chi connectivity index (χ0n) is 9.27. The molecule has 0 bridgehead atoms. The van der Waals surface area contributed by atoms with E-state index in [0.717, 1.165) is 6.54 Å². The Hall–Kier alpha value is -1.63. The molecule has 16 heavy (non-hydrogen) atoms. The second-order valence-electron chi connectivity index (χ2n) is 3.37. The smallest absolute Gasteiger partial charge is 0.194 e. The molecule has 2 aromatic rings. The van der Waals surface area contributed by atoms with Gasteiger partial charge in [0, 0.05) is 17.7 Å². The van der Waals surface area contributed by atoms with Crippen LogP contribution in [0.15, 0.2) is 48.7 Å². The fraction of sp³-hybridized carbons (Fsp3) is 0.267. The van der Waals surface area contributed by atoms with Crippen molar-refractivity contribution in [2.45, 2.75) is 27.8 Å². The maximum atomic E-state index is 2.28. The SMILES string of the molecule is C.CC.c1ccc2c(c1)C[n+]1ccccc1-2. The third-order valence-electron chi connectivity index (χ3n) is 2.57. The number of rotatable bonds is 0. The Morgan fingerprint density at radius 1 is 0.938 bits per heavy atom. The zero-order chi connectivity index (χ0) is 10.7. The minimum Gasteiger partial charge on any atom is -0.194 e. The van der Waals surface area contributed by atoms with Crippen molar-refractivity contribution in [2.24, 2.45) is 0 Å². The summed E-state index contributed by atoms with van der Waals surface area (Å²) in [5, 5.41) is 0. The fourth-order valence-corrected chi connectivity index (χ4v) is 1.95. The molecular formula is C15H20N+. The standard InChI is InChI=1S/C12H10N.C2H6.CH4/c1-2-6-11-10(5-1)9-13-8-4-3-7-12(11)13;1-2;/h1-8H,9H2;1-2H3;1H4/q+1;;. The molecule has 0 spiro atoms. The van der Waals surface area contributed by atoms with Crippen molar-refractivity contribution >= 4 is 0 Å². The summed E-state index contributed by atoms with van der Waals surface area (Å²) in [4.78, 5) is 0. The molecule has 1 aliphatic rings. The number of benzene rings is 1. The highest BCUT2D eigenvalue weighted by molar-refractivity contribution is 5.62. The third-order valence-corrected chi connectivity index (χ3v) is 2.57. The summed E-state index contributed by atoms with van der Waals surface area (Å²) >= 11 is 0. The van der Waals surface area contributed by atoms with Gasteiger partial charge in [0.25, 0.3) is 0 Å². The van der Waals surface area contributed by atoms with E-state index >= 15 is 0 Å². The molecule has 1 aromatic carbocycles. The molecule has 0 radical (unpaired) electrons. The quantitative estimate of drug-likeness (QED) is 0.503. The van der Waals surface area contributed by atoms with E-state index < -0.39 is 0 Å². The summed E-state index contributed by atoms with van der Waals surface area (Å²) in [5.41, 5.74) is 4.13. The molecular weight excluding hydrogens is 194 g/mol. The summed E-state index contributed by atoms with van der Waals surface area (Å²) in [6.45, 7) is 5.02. The van der Waals surface area contributed by atoms with Crippen LogP contribution in [0.3, 0.4) is 0 Å². The minimum atomic E-state index is 0. The number of hydrogen-bond acceptors (Lipinski definition) is 0. The van der Waals surface area contributed by atoms with Crippen LogP contribution >= 0.6 is 0 Å². The molecule has 0 saturated carbocycles. The lowest BCUT2D eigenvalue weighted by Crippen LogP contribution is -2.31. The van der Waals surface area contributed by atoms with E-state index in [0.29, 0.717) is 0 Å². The predicted molar refractivity (Wildman–Crippen MR) is 69.3 cm³/mol. The van der Waals surface area contributed by atoms with Crippen LogP contribution < -0.4 is 4.57 Å². The largest absolute Gasteiger partial charge is 0.213 e. The van der Waals surface area contributed by atoms with Gasteiger partial charge in [-0.05, 0) is 12.1 Å². The molecule has 0 N–H and O–H groups in total. The van der Waals surface area contributed by atoms with Gasteiger partial charge in [0.2, 0.25) is 5.69 Å². The normalized spacial score (nSPS) is 10.4. The molecule has 0 fully saturated rings. The van der Waals surface area contributed by atoms with Crippen molar-refractivity contribution < 1.29 is 4.57 Å². The first-order valence-corrected chi connectivity index (χ1v) is 5.52. The predicted octanol–water partition coefficient (Wildman–Crippen LogP) is 3.67. The summed E-state index contributed by atoms with van der Waals surface area (Å²) in [5.74, 6) is 0. The van der Waals surface area contributed by atoms with Crippen molar-refractivity contribution in [1.82, 2.24) is 0 Å².